The Morgan fingerprint density at radius 2 is 1.72 bits per heavy atom. The number of quaternary nitrogens is 1. The Hall–Kier alpha value is -2.48. The molecule has 0 saturated carbocycles. The number of nitrogens with zero attached hydrogens (tertiary/aromatic N) is 2. The summed E-state index contributed by atoms with van der Waals surface area (Å²) in [6, 6.07) is 16.5. The van der Waals surface area contributed by atoms with Gasteiger partial charge in [-0.05, 0) is 43.0 Å². The molecule has 1 aliphatic carbocycles. The molecule has 0 bridgehead atoms. The van der Waals surface area contributed by atoms with Gasteiger partial charge in [0.05, 0.1) is 28.0 Å². The van der Waals surface area contributed by atoms with Crippen LogP contribution in [0.15, 0.2) is 65.7 Å². The summed E-state index contributed by atoms with van der Waals surface area (Å²) in [6.45, 7) is 6.45. The Kier molecular flexibility index (Phi) is 5.93. The quantitative estimate of drug-likeness (QED) is 0.652. The molecule has 6 nitrogen and oxygen atoms in total. The molecule has 1 aromatic heterocycles. The Morgan fingerprint density at radius 1 is 1.10 bits per heavy atom. The SMILES string of the molecule is CC1(C)Cc2c(cnn2-c2ccccc2)C([NH3+])C1.Cc1ccc(S(=O)(=O)[O-])cc1. The maximum absolute atomic E-state index is 10.4. The van der Waals surface area contributed by atoms with Crippen molar-refractivity contribution >= 4 is 10.1 Å². The summed E-state index contributed by atoms with van der Waals surface area (Å²) in [6.07, 6.45) is 4.21. The van der Waals surface area contributed by atoms with E-state index in [-0.39, 0.29) is 4.90 Å². The van der Waals surface area contributed by atoms with E-state index in [1.807, 2.05) is 19.2 Å². The number of hydrogen-bond donors (Lipinski definition) is 1. The zero-order valence-corrected chi connectivity index (χ0v) is 17.8. The lowest BCUT2D eigenvalue weighted by atomic mass is 9.74. The molecule has 1 unspecified atom stereocenters. The lowest BCUT2D eigenvalue weighted by Gasteiger charge is -2.32. The van der Waals surface area contributed by atoms with E-state index in [2.05, 4.69) is 53.6 Å². The summed E-state index contributed by atoms with van der Waals surface area (Å²) in [5.41, 5.74) is 9.32. The molecule has 29 heavy (non-hydrogen) atoms. The molecule has 3 N–H and O–H groups in total. The molecule has 1 heterocycles. The third-order valence-corrected chi connectivity index (χ3v) is 5.95. The lowest BCUT2D eigenvalue weighted by Crippen LogP contribution is -2.56. The van der Waals surface area contributed by atoms with Crippen molar-refractivity contribution in [2.75, 3.05) is 0 Å². The maximum Gasteiger partial charge on any atom is 0.124 e. The highest BCUT2D eigenvalue weighted by atomic mass is 32.2. The van der Waals surface area contributed by atoms with Gasteiger partial charge in [-0.3, -0.25) is 0 Å². The summed E-state index contributed by atoms with van der Waals surface area (Å²) in [5, 5.41) is 4.56. The Balaban J connectivity index is 0.000000188. The molecular weight excluding hydrogens is 386 g/mol. The number of rotatable bonds is 2. The van der Waals surface area contributed by atoms with Crippen molar-refractivity contribution in [3.63, 3.8) is 0 Å². The van der Waals surface area contributed by atoms with Crippen LogP contribution in [0.4, 0.5) is 0 Å². The topological polar surface area (TPSA) is 103 Å². The highest BCUT2D eigenvalue weighted by molar-refractivity contribution is 7.85. The van der Waals surface area contributed by atoms with Crippen LogP contribution < -0.4 is 5.73 Å². The molecule has 0 spiro atoms. The van der Waals surface area contributed by atoms with Gasteiger partial charge in [-0.2, -0.15) is 5.10 Å². The second kappa shape index (κ2) is 8.10. The van der Waals surface area contributed by atoms with Crippen LogP contribution in [0.25, 0.3) is 5.69 Å². The van der Waals surface area contributed by atoms with Gasteiger partial charge < -0.3 is 10.3 Å². The van der Waals surface area contributed by atoms with E-state index in [1.54, 1.807) is 12.1 Å². The monoisotopic (exact) mass is 413 g/mol. The van der Waals surface area contributed by atoms with E-state index in [0.29, 0.717) is 11.5 Å². The highest BCUT2D eigenvalue weighted by Gasteiger charge is 2.35. The minimum absolute atomic E-state index is 0.178. The molecular formula is C22H27N3O3S. The molecule has 1 atom stereocenters. The van der Waals surface area contributed by atoms with Crippen molar-refractivity contribution in [2.24, 2.45) is 5.41 Å². The molecule has 0 saturated heterocycles. The van der Waals surface area contributed by atoms with Gasteiger partial charge in [-0.25, -0.2) is 13.1 Å². The Bertz CT molecular complexity index is 1070. The zero-order chi connectivity index (χ0) is 21.2. The van der Waals surface area contributed by atoms with Crippen molar-refractivity contribution in [3.05, 3.63) is 77.6 Å². The van der Waals surface area contributed by atoms with Gasteiger partial charge in [-0.1, -0.05) is 49.7 Å². The largest absolute Gasteiger partial charge is 0.744 e. The van der Waals surface area contributed by atoms with Gasteiger partial charge >= 0.3 is 0 Å². The summed E-state index contributed by atoms with van der Waals surface area (Å²) in [7, 11) is -4.27. The first-order valence-electron chi connectivity index (χ1n) is 9.55. The van der Waals surface area contributed by atoms with Crippen molar-refractivity contribution in [3.8, 4) is 5.69 Å². The minimum Gasteiger partial charge on any atom is -0.744 e. The van der Waals surface area contributed by atoms with Gasteiger partial charge in [0.15, 0.2) is 0 Å². The van der Waals surface area contributed by atoms with E-state index >= 15 is 0 Å². The van der Waals surface area contributed by atoms with E-state index in [0.717, 1.165) is 24.1 Å². The predicted octanol–water partition coefficient (Wildman–Crippen LogP) is 3.03. The van der Waals surface area contributed by atoms with E-state index in [9.17, 15) is 13.0 Å². The number of aryl methyl sites for hydroxylation is 1. The van der Waals surface area contributed by atoms with Crippen LogP contribution in [0.1, 0.15) is 43.1 Å². The second-order valence-electron chi connectivity index (χ2n) is 8.30. The number of hydrogen-bond acceptors (Lipinski definition) is 4. The van der Waals surface area contributed by atoms with Crippen molar-refractivity contribution in [1.82, 2.24) is 9.78 Å². The average molecular weight is 414 g/mol. The van der Waals surface area contributed by atoms with E-state index < -0.39 is 10.1 Å². The summed E-state index contributed by atoms with van der Waals surface area (Å²) in [5.74, 6) is 0. The fourth-order valence-corrected chi connectivity index (χ4v) is 4.17. The number of fused-ring (bicyclic) bond motifs is 1. The number of aromatic nitrogens is 2. The molecule has 4 rings (SSSR count). The molecule has 0 radical (unpaired) electrons. The molecule has 1 aliphatic rings. The van der Waals surface area contributed by atoms with Gasteiger partial charge in [0.2, 0.25) is 0 Å². The maximum atomic E-state index is 10.4. The van der Waals surface area contributed by atoms with Gasteiger partial charge in [0, 0.05) is 6.42 Å². The number of benzene rings is 2. The normalized spacial score (nSPS) is 17.8. The number of para-hydroxylation sites is 1. The molecule has 0 fully saturated rings. The molecule has 7 heteroatoms. The van der Waals surface area contributed by atoms with Crippen LogP contribution in [0.3, 0.4) is 0 Å². The first kappa shape index (κ1) is 21.2. The third-order valence-electron chi connectivity index (χ3n) is 5.10. The standard InChI is InChI=1S/C15H19N3.C7H8O3S/c1-15(2)8-13(16)12-10-17-18(14(12)9-15)11-6-4-3-5-7-11;1-6-2-4-7(5-3-6)11(8,9)10/h3-7,10,13H,8-9,16H2,1-2H3;2-5H,1H3,(H,8,9,10). The van der Waals surface area contributed by atoms with Crippen LogP contribution in [-0.2, 0) is 16.5 Å². The highest BCUT2D eigenvalue weighted by Crippen LogP contribution is 2.39. The molecule has 0 amide bonds. The third kappa shape index (κ3) is 5.12. The fourth-order valence-electron chi connectivity index (χ4n) is 3.70. The second-order valence-corrected chi connectivity index (χ2v) is 9.68. The van der Waals surface area contributed by atoms with Gasteiger partial charge in [0.1, 0.15) is 16.2 Å². The van der Waals surface area contributed by atoms with Crippen LogP contribution in [0, 0.1) is 12.3 Å². The first-order chi connectivity index (χ1) is 13.6. The summed E-state index contributed by atoms with van der Waals surface area (Å²) >= 11 is 0. The van der Waals surface area contributed by atoms with Crippen molar-refractivity contribution in [2.45, 2.75) is 44.6 Å². The van der Waals surface area contributed by atoms with E-state index in [1.165, 1.54) is 23.4 Å². The molecule has 3 aromatic rings. The average Bonchev–Trinajstić information content (AvgIpc) is 3.05. The summed E-state index contributed by atoms with van der Waals surface area (Å²) < 4.78 is 33.2. The van der Waals surface area contributed by atoms with Crippen LogP contribution in [0.2, 0.25) is 0 Å². The van der Waals surface area contributed by atoms with Crippen LogP contribution in [0.5, 0.6) is 0 Å². The van der Waals surface area contributed by atoms with Gasteiger partial charge in [-0.15, -0.1) is 0 Å². The molecule has 154 valence electrons. The minimum atomic E-state index is -4.27. The van der Waals surface area contributed by atoms with Gasteiger partial charge in [0.25, 0.3) is 0 Å². The van der Waals surface area contributed by atoms with Crippen molar-refractivity contribution in [1.29, 1.82) is 0 Å². The molecule has 0 aliphatic heterocycles. The predicted molar refractivity (Wildman–Crippen MR) is 110 cm³/mol. The zero-order valence-electron chi connectivity index (χ0n) is 17.0. The smallest absolute Gasteiger partial charge is 0.124 e. The van der Waals surface area contributed by atoms with Crippen LogP contribution >= 0.6 is 0 Å². The van der Waals surface area contributed by atoms with E-state index in [4.69, 9.17) is 0 Å². The first-order valence-corrected chi connectivity index (χ1v) is 11.0. The van der Waals surface area contributed by atoms with Crippen LogP contribution in [-0.4, -0.2) is 22.8 Å². The Morgan fingerprint density at radius 3 is 2.31 bits per heavy atom. The fraction of sp³-hybridized carbons (Fsp3) is 0.318. The summed E-state index contributed by atoms with van der Waals surface area (Å²) in [4.78, 5) is -0.178. The van der Waals surface area contributed by atoms with Crippen molar-refractivity contribution < 1.29 is 18.7 Å². The Labute approximate surface area is 172 Å². The molecule has 2 aromatic carbocycles. The lowest BCUT2D eigenvalue weighted by molar-refractivity contribution is -0.433.